The Morgan fingerprint density at radius 3 is 2.65 bits per heavy atom. The van der Waals surface area contributed by atoms with Crippen LogP contribution in [0.3, 0.4) is 0 Å². The minimum atomic E-state index is -0.163. The first-order valence-corrected chi connectivity index (χ1v) is 5.95. The van der Waals surface area contributed by atoms with Crippen molar-refractivity contribution in [2.75, 3.05) is 25.4 Å². The molecule has 0 radical (unpaired) electrons. The Hall–Kier alpha value is -1.56. The molecule has 1 aliphatic heterocycles. The molecule has 0 aromatic carbocycles. The topological polar surface area (TPSA) is 90.2 Å². The number of hydrogen-bond acceptors (Lipinski definition) is 4. The number of nitrogens with zero attached hydrogens (tertiary/aromatic N) is 3. The van der Waals surface area contributed by atoms with Gasteiger partial charge in [-0.15, -0.1) is 0 Å². The van der Waals surface area contributed by atoms with Crippen LogP contribution in [-0.2, 0) is 11.3 Å². The number of rotatable bonds is 4. The summed E-state index contributed by atoms with van der Waals surface area (Å²) < 4.78 is 1.84. The highest BCUT2D eigenvalue weighted by atomic mass is 16.1. The maximum absolute atomic E-state index is 11.0. The molecule has 1 saturated heterocycles. The average molecular weight is 237 g/mol. The lowest BCUT2D eigenvalue weighted by atomic mass is 9.96. The fourth-order valence-electron chi connectivity index (χ4n) is 2.19. The van der Waals surface area contributed by atoms with Gasteiger partial charge in [-0.25, -0.2) is 0 Å². The number of carbonyl (C=O) groups is 1. The maximum atomic E-state index is 11.0. The maximum Gasteiger partial charge on any atom is 0.220 e. The molecule has 94 valence electrons. The van der Waals surface area contributed by atoms with Gasteiger partial charge in [-0.3, -0.25) is 9.48 Å². The highest BCUT2D eigenvalue weighted by molar-refractivity contribution is 5.76. The summed E-state index contributed by atoms with van der Waals surface area (Å²) in [4.78, 5) is 13.3. The Bertz CT molecular complexity index is 381. The predicted molar refractivity (Wildman–Crippen MR) is 65.0 cm³/mol. The second-order valence-corrected chi connectivity index (χ2v) is 4.56. The summed E-state index contributed by atoms with van der Waals surface area (Å²) in [5, 5.41) is 4.13. The number of nitrogen functional groups attached to an aromatic ring is 1. The van der Waals surface area contributed by atoms with Crippen LogP contribution in [0.1, 0.15) is 12.8 Å². The molecule has 17 heavy (non-hydrogen) atoms. The van der Waals surface area contributed by atoms with Gasteiger partial charge in [0.05, 0.1) is 18.4 Å². The molecule has 0 saturated carbocycles. The number of piperidine rings is 1. The van der Waals surface area contributed by atoms with Gasteiger partial charge in [0.15, 0.2) is 0 Å². The molecule has 1 aromatic heterocycles. The van der Waals surface area contributed by atoms with Gasteiger partial charge in [-0.1, -0.05) is 0 Å². The van der Waals surface area contributed by atoms with Gasteiger partial charge in [-0.2, -0.15) is 5.10 Å². The van der Waals surface area contributed by atoms with Gasteiger partial charge in [-0.05, 0) is 25.9 Å². The summed E-state index contributed by atoms with van der Waals surface area (Å²) in [6.45, 7) is 3.64. The van der Waals surface area contributed by atoms with Crippen molar-refractivity contribution >= 4 is 11.6 Å². The molecule has 0 unspecified atom stereocenters. The lowest BCUT2D eigenvalue weighted by Gasteiger charge is -2.30. The molecule has 6 heteroatoms. The number of amides is 1. The van der Waals surface area contributed by atoms with E-state index in [1.54, 1.807) is 6.20 Å². The van der Waals surface area contributed by atoms with E-state index < -0.39 is 0 Å². The monoisotopic (exact) mass is 237 g/mol. The Kier molecular flexibility index (Phi) is 3.63. The molecule has 0 bridgehead atoms. The number of hydrogen-bond donors (Lipinski definition) is 2. The van der Waals surface area contributed by atoms with Gasteiger partial charge in [0, 0.05) is 18.7 Å². The molecule has 0 atom stereocenters. The van der Waals surface area contributed by atoms with Crippen molar-refractivity contribution in [1.82, 2.24) is 14.7 Å². The van der Waals surface area contributed by atoms with E-state index >= 15 is 0 Å². The molecule has 0 aliphatic carbocycles. The first-order chi connectivity index (χ1) is 8.15. The summed E-state index contributed by atoms with van der Waals surface area (Å²) >= 11 is 0. The van der Waals surface area contributed by atoms with Crippen molar-refractivity contribution in [3.05, 3.63) is 12.4 Å². The summed E-state index contributed by atoms with van der Waals surface area (Å²) in [7, 11) is 0. The number of nitrogens with two attached hydrogens (primary N) is 2. The Morgan fingerprint density at radius 1 is 1.41 bits per heavy atom. The average Bonchev–Trinajstić information content (AvgIpc) is 2.73. The number of aromatic nitrogens is 2. The van der Waals surface area contributed by atoms with E-state index in [-0.39, 0.29) is 11.8 Å². The number of carbonyl (C=O) groups excluding carboxylic acids is 1. The minimum Gasteiger partial charge on any atom is -0.396 e. The van der Waals surface area contributed by atoms with Crippen LogP contribution in [0.25, 0.3) is 0 Å². The second kappa shape index (κ2) is 5.18. The van der Waals surface area contributed by atoms with Gasteiger partial charge in [0.2, 0.25) is 5.91 Å². The van der Waals surface area contributed by atoms with E-state index in [1.165, 1.54) is 0 Å². The quantitative estimate of drug-likeness (QED) is 0.749. The molecule has 6 nitrogen and oxygen atoms in total. The largest absolute Gasteiger partial charge is 0.396 e. The SMILES string of the molecule is NC(=O)C1CCN(CCn2cc(N)cn2)CC1. The summed E-state index contributed by atoms with van der Waals surface area (Å²) in [5.41, 5.74) is 11.6. The van der Waals surface area contributed by atoms with E-state index in [0.717, 1.165) is 39.0 Å². The summed E-state index contributed by atoms with van der Waals surface area (Å²) in [6, 6.07) is 0. The van der Waals surface area contributed by atoms with Crippen LogP contribution in [0.15, 0.2) is 12.4 Å². The van der Waals surface area contributed by atoms with Crippen LogP contribution < -0.4 is 11.5 Å². The van der Waals surface area contributed by atoms with Gasteiger partial charge < -0.3 is 16.4 Å². The molecule has 1 aromatic rings. The van der Waals surface area contributed by atoms with Crippen LogP contribution in [0.5, 0.6) is 0 Å². The Labute approximate surface area is 101 Å². The molecule has 4 N–H and O–H groups in total. The van der Waals surface area contributed by atoms with Gasteiger partial charge in [0.1, 0.15) is 0 Å². The number of primary amides is 1. The van der Waals surface area contributed by atoms with Crippen LogP contribution in [0.4, 0.5) is 5.69 Å². The van der Waals surface area contributed by atoms with Crippen molar-refractivity contribution < 1.29 is 4.79 Å². The molecule has 2 heterocycles. The fraction of sp³-hybridized carbons (Fsp3) is 0.636. The molecular weight excluding hydrogens is 218 g/mol. The van der Waals surface area contributed by atoms with Gasteiger partial charge >= 0.3 is 0 Å². The molecule has 1 aliphatic rings. The molecule has 2 rings (SSSR count). The normalized spacial score (nSPS) is 18.4. The first-order valence-electron chi connectivity index (χ1n) is 5.95. The van der Waals surface area contributed by atoms with Crippen LogP contribution in [0, 0.1) is 5.92 Å². The zero-order valence-electron chi connectivity index (χ0n) is 9.88. The lowest BCUT2D eigenvalue weighted by Crippen LogP contribution is -2.39. The highest BCUT2D eigenvalue weighted by Gasteiger charge is 2.22. The molecule has 0 spiro atoms. The van der Waals surface area contributed by atoms with Crippen molar-refractivity contribution in [2.45, 2.75) is 19.4 Å². The van der Waals surface area contributed by atoms with E-state index in [4.69, 9.17) is 11.5 Å². The smallest absolute Gasteiger partial charge is 0.220 e. The number of likely N-dealkylation sites (tertiary alicyclic amines) is 1. The molecule has 1 amide bonds. The lowest BCUT2D eigenvalue weighted by molar-refractivity contribution is -0.123. The predicted octanol–water partition coefficient (Wildman–Crippen LogP) is -0.337. The van der Waals surface area contributed by atoms with E-state index in [0.29, 0.717) is 5.69 Å². The second-order valence-electron chi connectivity index (χ2n) is 4.56. The Morgan fingerprint density at radius 2 is 2.12 bits per heavy atom. The zero-order valence-corrected chi connectivity index (χ0v) is 9.88. The summed E-state index contributed by atoms with van der Waals surface area (Å²) in [5.74, 6) is -0.101. The minimum absolute atomic E-state index is 0.0617. The van der Waals surface area contributed by atoms with Crippen LogP contribution >= 0.6 is 0 Å². The van der Waals surface area contributed by atoms with Crippen LogP contribution in [-0.4, -0.2) is 40.2 Å². The molecule has 1 fully saturated rings. The van der Waals surface area contributed by atoms with E-state index in [9.17, 15) is 4.79 Å². The van der Waals surface area contributed by atoms with Crippen molar-refractivity contribution in [3.8, 4) is 0 Å². The van der Waals surface area contributed by atoms with Crippen molar-refractivity contribution in [1.29, 1.82) is 0 Å². The third-order valence-electron chi connectivity index (χ3n) is 3.29. The van der Waals surface area contributed by atoms with Gasteiger partial charge in [0.25, 0.3) is 0 Å². The van der Waals surface area contributed by atoms with E-state index in [1.807, 2.05) is 10.9 Å². The summed E-state index contributed by atoms with van der Waals surface area (Å²) in [6.07, 6.45) is 5.22. The highest BCUT2D eigenvalue weighted by Crippen LogP contribution is 2.16. The van der Waals surface area contributed by atoms with E-state index in [2.05, 4.69) is 10.00 Å². The number of anilines is 1. The first kappa shape index (κ1) is 11.9. The third-order valence-corrected chi connectivity index (χ3v) is 3.29. The van der Waals surface area contributed by atoms with Crippen molar-refractivity contribution in [2.24, 2.45) is 11.7 Å². The standard InChI is InChI=1S/C11H19N5O/c12-10-7-14-16(8-10)6-5-15-3-1-9(2-4-15)11(13)17/h7-9H,1-6,12H2,(H2,13,17). The molecular formula is C11H19N5O. The fourth-order valence-corrected chi connectivity index (χ4v) is 2.19. The Balaban J connectivity index is 1.73. The zero-order chi connectivity index (χ0) is 12.3. The van der Waals surface area contributed by atoms with Crippen LogP contribution in [0.2, 0.25) is 0 Å². The van der Waals surface area contributed by atoms with Crippen molar-refractivity contribution in [3.63, 3.8) is 0 Å². The third kappa shape index (κ3) is 3.20.